The molecule has 0 spiro atoms. The van der Waals surface area contributed by atoms with Gasteiger partial charge in [0.25, 0.3) is 0 Å². The normalized spacial score (nSPS) is 12.3. The molecule has 5 nitrogen and oxygen atoms in total. The van der Waals surface area contributed by atoms with Gasteiger partial charge in [0.1, 0.15) is 11.5 Å². The van der Waals surface area contributed by atoms with Crippen molar-refractivity contribution < 1.29 is 10.2 Å². The Balaban J connectivity index is 2.01. The van der Waals surface area contributed by atoms with Crippen LogP contribution in [0.2, 0.25) is 0 Å². The van der Waals surface area contributed by atoms with E-state index in [1.54, 1.807) is 12.1 Å². The third-order valence-electron chi connectivity index (χ3n) is 5.26. The summed E-state index contributed by atoms with van der Waals surface area (Å²) >= 11 is 0. The summed E-state index contributed by atoms with van der Waals surface area (Å²) in [4.78, 5) is 14.2. The summed E-state index contributed by atoms with van der Waals surface area (Å²) in [5.74, 6) is 0.461. The highest BCUT2D eigenvalue weighted by Crippen LogP contribution is 2.32. The third-order valence-corrected chi connectivity index (χ3v) is 5.26. The fourth-order valence-corrected chi connectivity index (χ4v) is 3.28. The maximum absolute atomic E-state index is 10.0. The number of aromatic nitrogens is 1. The van der Waals surface area contributed by atoms with Gasteiger partial charge < -0.3 is 10.2 Å². The molecule has 0 atom stereocenters. The molecule has 3 aromatic rings. The molecule has 1 heterocycles. The Bertz CT molecular complexity index is 1090. The van der Waals surface area contributed by atoms with Crippen molar-refractivity contribution in [3.8, 4) is 11.5 Å². The van der Waals surface area contributed by atoms with Gasteiger partial charge in [-0.25, -0.2) is 4.98 Å². The number of aliphatic imine (C=N–C) groups is 2. The van der Waals surface area contributed by atoms with Crippen molar-refractivity contribution >= 4 is 22.8 Å². The molecule has 0 saturated carbocycles. The van der Waals surface area contributed by atoms with Crippen molar-refractivity contribution in [3.63, 3.8) is 0 Å². The predicted octanol–water partition coefficient (Wildman–Crippen LogP) is 6.01. The number of hydrogen-bond acceptors (Lipinski definition) is 5. The summed E-state index contributed by atoms with van der Waals surface area (Å²) in [6.45, 7) is 11.5. The first kappa shape index (κ1) is 21.2. The molecule has 0 radical (unpaired) electrons. The van der Waals surface area contributed by atoms with Crippen molar-refractivity contribution in [2.45, 2.75) is 41.5 Å². The molecule has 2 aromatic carbocycles. The molecule has 3 rings (SSSR count). The molecule has 2 N–H and O–H groups in total. The number of benzene rings is 2. The number of nitrogens with zero attached hydrogens (tertiary/aromatic N) is 3. The monoisotopic (exact) mass is 401 g/mol. The van der Waals surface area contributed by atoms with E-state index in [4.69, 9.17) is 15.0 Å². The van der Waals surface area contributed by atoms with Gasteiger partial charge >= 0.3 is 0 Å². The summed E-state index contributed by atoms with van der Waals surface area (Å²) in [5, 5.41) is 20.0. The highest BCUT2D eigenvalue weighted by molar-refractivity contribution is 6.02. The van der Waals surface area contributed by atoms with E-state index in [-0.39, 0.29) is 11.5 Å². The largest absolute Gasteiger partial charge is 0.508 e. The molecule has 0 unspecified atom stereocenters. The molecule has 0 fully saturated rings. The Morgan fingerprint density at radius 2 is 1.07 bits per heavy atom. The lowest BCUT2D eigenvalue weighted by Crippen LogP contribution is -2.05. The number of pyridine rings is 1. The van der Waals surface area contributed by atoms with Crippen LogP contribution in [0.25, 0.3) is 0 Å². The van der Waals surface area contributed by atoms with E-state index >= 15 is 0 Å². The summed E-state index contributed by atoms with van der Waals surface area (Å²) in [6.07, 6.45) is 0. The van der Waals surface area contributed by atoms with Crippen LogP contribution in [0.4, 0.5) is 11.4 Å². The van der Waals surface area contributed by atoms with Crippen molar-refractivity contribution in [2.75, 3.05) is 0 Å². The smallest absolute Gasteiger partial charge is 0.120 e. The molecule has 154 valence electrons. The highest BCUT2D eigenvalue weighted by atomic mass is 16.3. The minimum absolute atomic E-state index is 0.230. The predicted molar refractivity (Wildman–Crippen MR) is 123 cm³/mol. The van der Waals surface area contributed by atoms with Crippen LogP contribution in [-0.4, -0.2) is 26.6 Å². The van der Waals surface area contributed by atoms with Crippen molar-refractivity contribution in [2.24, 2.45) is 9.98 Å². The lowest BCUT2D eigenvalue weighted by Gasteiger charge is -2.10. The van der Waals surface area contributed by atoms with Gasteiger partial charge in [-0.15, -0.1) is 0 Å². The van der Waals surface area contributed by atoms with Gasteiger partial charge in [-0.2, -0.15) is 0 Å². The van der Waals surface area contributed by atoms with E-state index in [0.717, 1.165) is 56.4 Å². The van der Waals surface area contributed by atoms with Crippen LogP contribution >= 0.6 is 0 Å². The maximum atomic E-state index is 10.0. The lowest BCUT2D eigenvalue weighted by molar-refractivity contribution is 0.470. The molecule has 0 saturated heterocycles. The first-order valence-corrected chi connectivity index (χ1v) is 9.85. The Morgan fingerprint density at radius 1 is 0.667 bits per heavy atom. The number of hydrogen-bond donors (Lipinski definition) is 2. The first-order chi connectivity index (χ1) is 14.2. The number of phenolic OH excluding ortho intramolecular Hbond substituents is 2. The zero-order valence-electron chi connectivity index (χ0n) is 18.3. The lowest BCUT2D eigenvalue weighted by atomic mass is 10.1. The van der Waals surface area contributed by atoms with Crippen LogP contribution in [0.1, 0.15) is 47.5 Å². The molecule has 30 heavy (non-hydrogen) atoms. The molecular weight excluding hydrogens is 374 g/mol. The molecule has 0 aliphatic rings. The molecular formula is C25H27N3O2. The van der Waals surface area contributed by atoms with Crippen molar-refractivity contribution in [3.05, 3.63) is 76.1 Å². The first-order valence-electron chi connectivity index (χ1n) is 9.85. The minimum Gasteiger partial charge on any atom is -0.508 e. The van der Waals surface area contributed by atoms with Gasteiger partial charge in [-0.3, -0.25) is 9.98 Å². The van der Waals surface area contributed by atoms with Gasteiger partial charge in [-0.05, 0) is 76.9 Å². The molecule has 0 bridgehead atoms. The second-order valence-corrected chi connectivity index (χ2v) is 7.55. The molecule has 0 aliphatic heterocycles. The standard InChI is InChI=1S/C25H27N3O2/c1-14-10-12-22(29)16(3)24(14)26-18(5)20-8-7-9-21(28-20)19(6)27-25-15(2)11-13-23(30)17(25)4/h7-13,29-30H,1-6H3. The fraction of sp³-hybridized carbons (Fsp3) is 0.240. The SMILES string of the molecule is CC(=Nc1c(C)ccc(O)c1C)c1cccc(C(C)=Nc2c(C)ccc(O)c2C)n1. The second kappa shape index (κ2) is 8.49. The summed E-state index contributed by atoms with van der Waals surface area (Å²) in [5.41, 5.74) is 8.00. The van der Waals surface area contributed by atoms with Gasteiger partial charge in [0, 0.05) is 11.1 Å². The molecule has 1 aromatic heterocycles. The number of aryl methyl sites for hydroxylation is 2. The minimum atomic E-state index is 0.230. The molecule has 0 aliphatic carbocycles. The fourth-order valence-electron chi connectivity index (χ4n) is 3.28. The van der Waals surface area contributed by atoms with Crippen LogP contribution in [0.15, 0.2) is 52.4 Å². The summed E-state index contributed by atoms with van der Waals surface area (Å²) in [7, 11) is 0. The van der Waals surface area contributed by atoms with Crippen molar-refractivity contribution in [1.29, 1.82) is 0 Å². The van der Waals surface area contributed by atoms with Gasteiger partial charge in [0.2, 0.25) is 0 Å². The van der Waals surface area contributed by atoms with E-state index < -0.39 is 0 Å². The van der Waals surface area contributed by atoms with Crippen LogP contribution < -0.4 is 0 Å². The zero-order valence-corrected chi connectivity index (χ0v) is 18.3. The Hall–Kier alpha value is -3.47. The van der Waals surface area contributed by atoms with Crippen LogP contribution in [0.5, 0.6) is 11.5 Å². The topological polar surface area (TPSA) is 78.1 Å². The van der Waals surface area contributed by atoms with Gasteiger partial charge in [0.05, 0.1) is 34.2 Å². The molecule has 0 amide bonds. The molecule has 5 heteroatoms. The Kier molecular flexibility index (Phi) is 6.01. The Labute approximate surface area is 177 Å². The summed E-state index contributed by atoms with van der Waals surface area (Å²) in [6, 6.07) is 12.8. The van der Waals surface area contributed by atoms with E-state index in [9.17, 15) is 10.2 Å². The van der Waals surface area contributed by atoms with Crippen LogP contribution in [0.3, 0.4) is 0 Å². The average molecular weight is 402 g/mol. The maximum Gasteiger partial charge on any atom is 0.120 e. The van der Waals surface area contributed by atoms with E-state index in [0.29, 0.717) is 0 Å². The quantitative estimate of drug-likeness (QED) is 0.526. The third kappa shape index (κ3) is 4.25. The van der Waals surface area contributed by atoms with Crippen molar-refractivity contribution in [1.82, 2.24) is 4.98 Å². The summed E-state index contributed by atoms with van der Waals surface area (Å²) < 4.78 is 0. The van der Waals surface area contributed by atoms with Crippen LogP contribution in [-0.2, 0) is 0 Å². The zero-order chi connectivity index (χ0) is 22.0. The number of aromatic hydroxyl groups is 2. The average Bonchev–Trinajstić information content (AvgIpc) is 2.74. The van der Waals surface area contributed by atoms with Gasteiger partial charge in [-0.1, -0.05) is 18.2 Å². The van der Waals surface area contributed by atoms with E-state index in [1.165, 1.54) is 0 Å². The second-order valence-electron chi connectivity index (χ2n) is 7.55. The van der Waals surface area contributed by atoms with E-state index in [1.807, 2.05) is 71.9 Å². The number of rotatable bonds is 4. The van der Waals surface area contributed by atoms with Crippen LogP contribution in [0, 0.1) is 27.7 Å². The highest BCUT2D eigenvalue weighted by Gasteiger charge is 2.11. The Morgan fingerprint density at radius 3 is 1.47 bits per heavy atom. The van der Waals surface area contributed by atoms with E-state index in [2.05, 4.69) is 0 Å². The van der Waals surface area contributed by atoms with Gasteiger partial charge in [0.15, 0.2) is 0 Å². The number of phenols is 2.